The van der Waals surface area contributed by atoms with Gasteiger partial charge in [-0.3, -0.25) is 14.9 Å². The zero-order valence-electron chi connectivity index (χ0n) is 13.4. The fraction of sp³-hybridized carbons (Fsp3) is 0. The maximum Gasteiger partial charge on any atom is 0.258 e. The maximum atomic E-state index is 12.4. The van der Waals surface area contributed by atoms with Crippen LogP contribution in [0.2, 0.25) is 0 Å². The summed E-state index contributed by atoms with van der Waals surface area (Å²) >= 11 is 3.68. The van der Waals surface area contributed by atoms with Gasteiger partial charge in [0.05, 0.1) is 0 Å². The van der Waals surface area contributed by atoms with E-state index in [2.05, 4.69) is 51.6 Å². The average Bonchev–Trinajstić information content (AvgIpc) is 2.65. The lowest BCUT2D eigenvalue weighted by Crippen LogP contribution is -2.34. The highest BCUT2D eigenvalue weighted by molar-refractivity contribution is 9.10. The van der Waals surface area contributed by atoms with Crippen molar-refractivity contribution in [2.75, 3.05) is 0 Å². The van der Waals surface area contributed by atoms with Gasteiger partial charge in [0, 0.05) is 31.8 Å². The number of rotatable bonds is 0. The Balaban J connectivity index is 2.06. The first-order valence-corrected chi connectivity index (χ1v) is 9.12. The van der Waals surface area contributed by atoms with Crippen LogP contribution in [-0.2, 0) is 0 Å². The summed E-state index contributed by atoms with van der Waals surface area (Å²) in [5.41, 5.74) is 1.09. The molecule has 0 aromatic heterocycles. The normalized spacial score (nSPS) is 14.0. The van der Waals surface area contributed by atoms with E-state index < -0.39 is 0 Å². The van der Waals surface area contributed by atoms with E-state index in [1.165, 1.54) is 10.8 Å². The molecular formula is C22H10BrNO2. The summed E-state index contributed by atoms with van der Waals surface area (Å²) in [5, 5.41) is 10.9. The maximum absolute atomic E-state index is 12.4. The first-order chi connectivity index (χ1) is 12.6. The zero-order chi connectivity index (χ0) is 17.6. The molecule has 1 aliphatic heterocycles. The van der Waals surface area contributed by atoms with Gasteiger partial charge in [-0.15, -0.1) is 0 Å². The van der Waals surface area contributed by atoms with Crippen LogP contribution in [0.15, 0.2) is 59.1 Å². The summed E-state index contributed by atoms with van der Waals surface area (Å²) in [6, 6.07) is 18.2. The molecule has 0 atom stereocenters. The number of carbonyl (C=O) groups is 2. The van der Waals surface area contributed by atoms with E-state index in [1.54, 1.807) is 0 Å². The molecule has 6 rings (SSSR count). The van der Waals surface area contributed by atoms with Crippen LogP contribution in [-0.4, -0.2) is 11.8 Å². The number of hydrogen-bond acceptors (Lipinski definition) is 2. The van der Waals surface area contributed by atoms with Gasteiger partial charge < -0.3 is 0 Å². The van der Waals surface area contributed by atoms with Crippen LogP contribution >= 0.6 is 15.9 Å². The van der Waals surface area contributed by atoms with Gasteiger partial charge in [0.2, 0.25) is 0 Å². The highest BCUT2D eigenvalue weighted by Crippen LogP contribution is 2.45. The fourth-order valence-electron chi connectivity index (χ4n) is 4.40. The van der Waals surface area contributed by atoms with E-state index in [0.29, 0.717) is 11.1 Å². The number of benzene rings is 5. The third-order valence-corrected chi connectivity index (χ3v) is 6.04. The minimum atomic E-state index is -0.344. The zero-order valence-corrected chi connectivity index (χ0v) is 15.0. The summed E-state index contributed by atoms with van der Waals surface area (Å²) in [5.74, 6) is -0.677. The lowest BCUT2D eigenvalue weighted by molar-refractivity contribution is 0.0845. The van der Waals surface area contributed by atoms with Crippen LogP contribution in [0.3, 0.4) is 0 Å². The molecule has 0 saturated carbocycles. The Morgan fingerprint density at radius 1 is 0.654 bits per heavy atom. The van der Waals surface area contributed by atoms with E-state index >= 15 is 0 Å². The SMILES string of the molecule is O=C1NC(=O)c2cc(Br)c3c4cccc5cccc(c6ccc1c2c63)c54. The summed E-state index contributed by atoms with van der Waals surface area (Å²) in [4.78, 5) is 24.8. The van der Waals surface area contributed by atoms with Crippen LogP contribution in [0.4, 0.5) is 0 Å². The molecule has 26 heavy (non-hydrogen) atoms. The van der Waals surface area contributed by atoms with Gasteiger partial charge in [0.1, 0.15) is 0 Å². The number of hydrogen-bond donors (Lipinski definition) is 1. The van der Waals surface area contributed by atoms with Gasteiger partial charge in [-0.25, -0.2) is 0 Å². The van der Waals surface area contributed by atoms with Crippen molar-refractivity contribution in [3.63, 3.8) is 0 Å². The van der Waals surface area contributed by atoms with Crippen molar-refractivity contribution in [2.24, 2.45) is 0 Å². The third kappa shape index (κ3) is 1.54. The smallest absolute Gasteiger partial charge is 0.258 e. The molecule has 0 radical (unpaired) electrons. The molecule has 0 saturated heterocycles. The Hall–Kier alpha value is -2.98. The van der Waals surface area contributed by atoms with E-state index in [4.69, 9.17) is 0 Å². The van der Waals surface area contributed by atoms with E-state index in [0.717, 1.165) is 36.8 Å². The van der Waals surface area contributed by atoms with E-state index in [-0.39, 0.29) is 11.8 Å². The van der Waals surface area contributed by atoms with E-state index in [1.807, 2.05) is 24.3 Å². The lowest BCUT2D eigenvalue weighted by Gasteiger charge is -2.22. The molecular weight excluding hydrogens is 390 g/mol. The van der Waals surface area contributed by atoms with E-state index in [9.17, 15) is 9.59 Å². The van der Waals surface area contributed by atoms with Crippen LogP contribution in [0.1, 0.15) is 20.7 Å². The van der Waals surface area contributed by atoms with Crippen LogP contribution < -0.4 is 5.32 Å². The highest BCUT2D eigenvalue weighted by Gasteiger charge is 2.28. The minimum absolute atomic E-state index is 0.334. The Morgan fingerprint density at radius 3 is 2.15 bits per heavy atom. The number of imide groups is 1. The van der Waals surface area contributed by atoms with Gasteiger partial charge in [0.25, 0.3) is 11.8 Å². The van der Waals surface area contributed by atoms with Crippen molar-refractivity contribution in [3.8, 4) is 0 Å². The third-order valence-electron chi connectivity index (χ3n) is 5.42. The quantitative estimate of drug-likeness (QED) is 0.215. The molecule has 0 unspecified atom stereocenters. The van der Waals surface area contributed by atoms with Crippen molar-refractivity contribution < 1.29 is 9.59 Å². The number of halogens is 1. The Kier molecular flexibility index (Phi) is 2.51. The number of carbonyl (C=O) groups excluding carboxylic acids is 2. The van der Waals surface area contributed by atoms with Crippen molar-refractivity contribution in [1.29, 1.82) is 0 Å². The van der Waals surface area contributed by atoms with Crippen molar-refractivity contribution >= 4 is 70.8 Å². The fourth-order valence-corrected chi connectivity index (χ4v) is 5.04. The molecule has 1 heterocycles. The molecule has 0 spiro atoms. The van der Waals surface area contributed by atoms with Crippen molar-refractivity contribution in [2.45, 2.75) is 0 Å². The lowest BCUT2D eigenvalue weighted by atomic mass is 9.85. The summed E-state index contributed by atoms with van der Waals surface area (Å²) < 4.78 is 0.866. The standard InChI is InChI=1S/C22H10BrNO2/c23-16-9-15-18-14(21(25)24-22(15)26)8-7-12-11-5-1-3-10-4-2-6-13(17(10)11)19(16)20(12)18/h1-9H,(H,24,25,26). The highest BCUT2D eigenvalue weighted by atomic mass is 79.9. The predicted molar refractivity (Wildman–Crippen MR) is 107 cm³/mol. The second-order valence-corrected chi connectivity index (χ2v) is 7.54. The van der Waals surface area contributed by atoms with Crippen LogP contribution in [0, 0.1) is 0 Å². The molecule has 1 aliphatic rings. The molecule has 0 aliphatic carbocycles. The molecule has 0 fully saturated rings. The topological polar surface area (TPSA) is 46.2 Å². The van der Waals surface area contributed by atoms with Gasteiger partial charge in [0.15, 0.2) is 0 Å². The van der Waals surface area contributed by atoms with Crippen molar-refractivity contribution in [3.05, 3.63) is 70.2 Å². The minimum Gasteiger partial charge on any atom is -0.288 e. The molecule has 0 bridgehead atoms. The van der Waals surface area contributed by atoms with Gasteiger partial charge in [-0.05, 0) is 39.1 Å². The number of nitrogens with one attached hydrogen (secondary N) is 1. The first kappa shape index (κ1) is 14.2. The number of fused-ring (bicyclic) bond motifs is 2. The largest absolute Gasteiger partial charge is 0.288 e. The molecule has 4 heteroatoms. The molecule has 3 nitrogen and oxygen atoms in total. The molecule has 2 amide bonds. The second kappa shape index (κ2) is 4.59. The Labute approximate surface area is 156 Å². The Morgan fingerprint density at radius 2 is 1.35 bits per heavy atom. The number of amides is 2. The molecule has 5 aromatic carbocycles. The predicted octanol–water partition coefficient (Wildman–Crippen LogP) is 5.38. The first-order valence-electron chi connectivity index (χ1n) is 8.32. The Bertz CT molecular complexity index is 1450. The van der Waals surface area contributed by atoms with Crippen molar-refractivity contribution in [1.82, 2.24) is 5.32 Å². The molecule has 1 N–H and O–H groups in total. The monoisotopic (exact) mass is 399 g/mol. The second-order valence-electron chi connectivity index (χ2n) is 6.68. The average molecular weight is 400 g/mol. The summed E-state index contributed by atoms with van der Waals surface area (Å²) in [6.45, 7) is 0. The summed E-state index contributed by atoms with van der Waals surface area (Å²) in [7, 11) is 0. The molecule has 122 valence electrons. The molecule has 5 aromatic rings. The van der Waals surface area contributed by atoms with Gasteiger partial charge >= 0.3 is 0 Å². The van der Waals surface area contributed by atoms with Gasteiger partial charge in [-0.2, -0.15) is 0 Å². The summed E-state index contributed by atoms with van der Waals surface area (Å²) in [6.07, 6.45) is 0. The van der Waals surface area contributed by atoms with Crippen LogP contribution in [0.5, 0.6) is 0 Å². The van der Waals surface area contributed by atoms with Gasteiger partial charge in [-0.1, -0.05) is 58.4 Å². The van der Waals surface area contributed by atoms with Crippen LogP contribution in [0.25, 0.3) is 43.1 Å².